The molecule has 4 aromatic rings. The van der Waals surface area contributed by atoms with Gasteiger partial charge in [0.15, 0.2) is 0 Å². The van der Waals surface area contributed by atoms with E-state index < -0.39 is 5.97 Å². The van der Waals surface area contributed by atoms with Crippen LogP contribution >= 0.6 is 0 Å². The molecule has 4 rings (SSSR count). The predicted octanol–water partition coefficient (Wildman–Crippen LogP) is 6.48. The van der Waals surface area contributed by atoms with Crippen LogP contribution in [0.3, 0.4) is 0 Å². The summed E-state index contributed by atoms with van der Waals surface area (Å²) in [5.74, 6) is 1.42. The molecule has 0 saturated heterocycles. The van der Waals surface area contributed by atoms with E-state index in [1.165, 1.54) is 11.1 Å². The van der Waals surface area contributed by atoms with Gasteiger partial charge >= 0.3 is 5.97 Å². The number of furan rings is 1. The molecule has 0 radical (unpaired) electrons. The molecule has 0 N–H and O–H groups in total. The van der Waals surface area contributed by atoms with Crippen molar-refractivity contribution in [3.63, 3.8) is 0 Å². The zero-order valence-corrected chi connectivity index (χ0v) is 18.7. The number of aryl methyl sites for hydroxylation is 2. The molecule has 0 amide bonds. The first kappa shape index (κ1) is 21.5. The van der Waals surface area contributed by atoms with Crippen LogP contribution in [-0.2, 0) is 11.3 Å². The second kappa shape index (κ2) is 9.18. The molecular weight excluding hydrogens is 404 g/mol. The minimum Gasteiger partial charge on any atom is -0.497 e. The molecule has 0 atom stereocenters. The predicted molar refractivity (Wildman–Crippen MR) is 124 cm³/mol. The Morgan fingerprint density at radius 3 is 2.41 bits per heavy atom. The third-order valence-corrected chi connectivity index (χ3v) is 5.39. The normalized spacial score (nSPS) is 10.9. The van der Waals surface area contributed by atoms with Crippen molar-refractivity contribution in [1.29, 1.82) is 0 Å². The van der Waals surface area contributed by atoms with Gasteiger partial charge in [-0.25, -0.2) is 4.79 Å². The maximum absolute atomic E-state index is 12.9. The lowest BCUT2D eigenvalue weighted by Gasteiger charge is -2.10. The quantitative estimate of drug-likeness (QED) is 0.314. The van der Waals surface area contributed by atoms with E-state index in [1.54, 1.807) is 14.0 Å². The number of carbonyl (C=O) groups excluding carboxylic acids is 1. The molecule has 0 bridgehead atoms. The largest absolute Gasteiger partial charge is 0.497 e. The van der Waals surface area contributed by atoms with E-state index in [1.807, 2.05) is 42.5 Å². The molecule has 0 saturated carbocycles. The van der Waals surface area contributed by atoms with Crippen molar-refractivity contribution < 1.29 is 23.4 Å². The molecule has 3 aromatic carbocycles. The monoisotopic (exact) mass is 430 g/mol. The summed E-state index contributed by atoms with van der Waals surface area (Å²) >= 11 is 0. The lowest BCUT2D eigenvalue weighted by molar-refractivity contribution is 0.0528. The Labute approximate surface area is 187 Å². The fourth-order valence-electron chi connectivity index (χ4n) is 3.63. The van der Waals surface area contributed by atoms with Crippen LogP contribution in [0.15, 0.2) is 65.1 Å². The Bertz CT molecular complexity index is 1250. The summed E-state index contributed by atoms with van der Waals surface area (Å²) in [7, 11) is 1.61. The van der Waals surface area contributed by atoms with Crippen LogP contribution in [0.1, 0.15) is 34.0 Å². The number of hydrogen-bond acceptors (Lipinski definition) is 5. The van der Waals surface area contributed by atoms with Crippen LogP contribution in [0.5, 0.6) is 11.5 Å². The van der Waals surface area contributed by atoms with Crippen molar-refractivity contribution in [3.8, 4) is 22.8 Å². The maximum Gasteiger partial charge on any atom is 0.342 e. The fourth-order valence-corrected chi connectivity index (χ4v) is 3.63. The maximum atomic E-state index is 12.9. The average molecular weight is 431 g/mol. The Balaban J connectivity index is 1.73. The molecule has 5 nitrogen and oxygen atoms in total. The first-order chi connectivity index (χ1) is 15.5. The first-order valence-electron chi connectivity index (χ1n) is 10.6. The van der Waals surface area contributed by atoms with Gasteiger partial charge in [-0.05, 0) is 74.4 Å². The van der Waals surface area contributed by atoms with Gasteiger partial charge in [-0.2, -0.15) is 0 Å². The number of esters is 1. The van der Waals surface area contributed by atoms with E-state index in [0.717, 1.165) is 16.9 Å². The van der Waals surface area contributed by atoms with Gasteiger partial charge in [0.05, 0.1) is 13.7 Å². The lowest BCUT2D eigenvalue weighted by Crippen LogP contribution is -2.05. The van der Waals surface area contributed by atoms with Gasteiger partial charge < -0.3 is 18.6 Å². The van der Waals surface area contributed by atoms with Gasteiger partial charge in [0.25, 0.3) is 0 Å². The zero-order chi connectivity index (χ0) is 22.7. The van der Waals surface area contributed by atoms with Crippen LogP contribution in [0.25, 0.3) is 22.3 Å². The zero-order valence-electron chi connectivity index (χ0n) is 18.7. The third kappa shape index (κ3) is 4.33. The van der Waals surface area contributed by atoms with Gasteiger partial charge in [0, 0.05) is 10.9 Å². The van der Waals surface area contributed by atoms with Crippen LogP contribution in [-0.4, -0.2) is 19.7 Å². The summed E-state index contributed by atoms with van der Waals surface area (Å²) in [6.45, 7) is 6.63. The summed E-state index contributed by atoms with van der Waals surface area (Å²) in [6.07, 6.45) is 0. The summed E-state index contributed by atoms with van der Waals surface area (Å²) in [4.78, 5) is 12.9. The highest BCUT2D eigenvalue weighted by Gasteiger charge is 2.24. The SMILES string of the molecule is CCOC(=O)c1c(-c2ccc(OC)cc2)oc2ccc(OCc3cc(C)ccc3C)cc12. The molecule has 0 aliphatic rings. The lowest BCUT2D eigenvalue weighted by atomic mass is 10.0. The molecular formula is C27H26O5. The van der Waals surface area contributed by atoms with Crippen LogP contribution in [0.2, 0.25) is 0 Å². The fraction of sp³-hybridized carbons (Fsp3) is 0.222. The van der Waals surface area contributed by atoms with E-state index >= 15 is 0 Å². The van der Waals surface area contributed by atoms with Gasteiger partial charge in [-0.1, -0.05) is 23.8 Å². The Morgan fingerprint density at radius 2 is 1.69 bits per heavy atom. The molecule has 5 heteroatoms. The Kier molecular flexibility index (Phi) is 6.17. The summed E-state index contributed by atoms with van der Waals surface area (Å²) in [5, 5.41) is 0.660. The molecule has 164 valence electrons. The molecule has 32 heavy (non-hydrogen) atoms. The minimum atomic E-state index is -0.427. The van der Waals surface area contributed by atoms with Gasteiger partial charge in [-0.15, -0.1) is 0 Å². The molecule has 0 spiro atoms. The molecule has 0 unspecified atom stereocenters. The van der Waals surface area contributed by atoms with Crippen LogP contribution < -0.4 is 9.47 Å². The molecule has 0 aliphatic carbocycles. The molecule has 1 heterocycles. The van der Waals surface area contributed by atoms with Crippen molar-refractivity contribution in [3.05, 3.63) is 82.9 Å². The topological polar surface area (TPSA) is 57.9 Å². The van der Waals surface area contributed by atoms with Crippen molar-refractivity contribution in [2.24, 2.45) is 0 Å². The van der Waals surface area contributed by atoms with E-state index in [0.29, 0.717) is 34.6 Å². The number of benzene rings is 3. The number of carbonyl (C=O) groups is 1. The second-order valence-corrected chi connectivity index (χ2v) is 7.63. The van der Waals surface area contributed by atoms with E-state index in [2.05, 4.69) is 32.0 Å². The van der Waals surface area contributed by atoms with Gasteiger partial charge in [0.1, 0.15) is 35.0 Å². The highest BCUT2D eigenvalue weighted by atomic mass is 16.5. The minimum absolute atomic E-state index is 0.274. The van der Waals surface area contributed by atoms with E-state index in [4.69, 9.17) is 18.6 Å². The Morgan fingerprint density at radius 1 is 0.938 bits per heavy atom. The van der Waals surface area contributed by atoms with Gasteiger partial charge in [-0.3, -0.25) is 0 Å². The van der Waals surface area contributed by atoms with Crippen molar-refractivity contribution in [2.75, 3.05) is 13.7 Å². The highest BCUT2D eigenvalue weighted by molar-refractivity contribution is 6.09. The average Bonchev–Trinajstić information content (AvgIpc) is 3.18. The summed E-state index contributed by atoms with van der Waals surface area (Å²) < 4.78 is 22.7. The molecule has 0 aliphatic heterocycles. The van der Waals surface area contributed by atoms with Crippen LogP contribution in [0.4, 0.5) is 0 Å². The number of hydrogen-bond donors (Lipinski definition) is 0. The molecule has 0 fully saturated rings. The molecule has 1 aromatic heterocycles. The van der Waals surface area contributed by atoms with Crippen molar-refractivity contribution >= 4 is 16.9 Å². The Hall–Kier alpha value is -3.73. The smallest absolute Gasteiger partial charge is 0.342 e. The second-order valence-electron chi connectivity index (χ2n) is 7.63. The van der Waals surface area contributed by atoms with Crippen molar-refractivity contribution in [2.45, 2.75) is 27.4 Å². The summed E-state index contributed by atoms with van der Waals surface area (Å²) in [5.41, 5.74) is 5.24. The number of methoxy groups -OCH3 is 1. The van der Waals surface area contributed by atoms with E-state index in [9.17, 15) is 4.79 Å². The number of fused-ring (bicyclic) bond motifs is 1. The standard InChI is InChI=1S/C27H26O5/c1-5-30-27(28)25-23-15-22(31-16-20-14-17(2)6-7-18(20)3)12-13-24(23)32-26(25)19-8-10-21(29-4)11-9-19/h6-15H,5,16H2,1-4H3. The highest BCUT2D eigenvalue weighted by Crippen LogP contribution is 2.37. The number of ether oxygens (including phenoxy) is 3. The van der Waals surface area contributed by atoms with Crippen molar-refractivity contribution in [1.82, 2.24) is 0 Å². The van der Waals surface area contributed by atoms with Crippen LogP contribution in [0, 0.1) is 13.8 Å². The van der Waals surface area contributed by atoms with Gasteiger partial charge in [0.2, 0.25) is 0 Å². The summed E-state index contributed by atoms with van der Waals surface area (Å²) in [6, 6.07) is 19.2. The third-order valence-electron chi connectivity index (χ3n) is 5.39. The van der Waals surface area contributed by atoms with E-state index in [-0.39, 0.29) is 6.61 Å². The first-order valence-corrected chi connectivity index (χ1v) is 10.6. The number of rotatable bonds is 7.